The fraction of sp³-hybridized carbons (Fsp3) is 0.222. The average molecular weight is 573 g/mol. The molecular weight excluding hydrogens is 546 g/mol. The van der Waals surface area contributed by atoms with Gasteiger partial charge in [0.05, 0.1) is 12.0 Å². The second-order valence-corrected chi connectivity index (χ2v) is 9.23. The minimum atomic E-state index is -0.381. The topological polar surface area (TPSA) is 96.5 Å². The predicted octanol–water partition coefficient (Wildman–Crippen LogP) is 5.21. The monoisotopic (exact) mass is 571 g/mol. The maximum absolute atomic E-state index is 12.5. The molecule has 3 aromatic rings. The van der Waals surface area contributed by atoms with Gasteiger partial charge in [-0.1, -0.05) is 34.1 Å². The molecule has 2 amide bonds. The van der Waals surface area contributed by atoms with Crippen molar-refractivity contribution in [3.63, 3.8) is 0 Å². The highest BCUT2D eigenvalue weighted by Gasteiger charge is 2.19. The third-order valence-corrected chi connectivity index (χ3v) is 6.15. The van der Waals surface area contributed by atoms with Crippen LogP contribution in [0.4, 0.5) is 11.4 Å². The standard InChI is InChI=1S/C27H26BrN3O4.ClH/c28-21-8-6-19(7-9-21)26(33)31-22-10-4-18(5-11-22)16-25(32)30-23-3-1-2-20(17-23)27(34)35-24-12-14-29-15-13-24;/h1-11,17,24,29H,12-16H2,(H,30,32)(H,31,33);1H. The summed E-state index contributed by atoms with van der Waals surface area (Å²) in [4.78, 5) is 37.4. The first kappa shape index (κ1) is 27.4. The van der Waals surface area contributed by atoms with E-state index in [4.69, 9.17) is 4.74 Å². The van der Waals surface area contributed by atoms with E-state index in [0.717, 1.165) is 36.0 Å². The average Bonchev–Trinajstić information content (AvgIpc) is 2.86. The second kappa shape index (κ2) is 13.2. The summed E-state index contributed by atoms with van der Waals surface area (Å²) in [5, 5.41) is 8.91. The van der Waals surface area contributed by atoms with Crippen molar-refractivity contribution in [3.8, 4) is 0 Å². The Morgan fingerprint density at radius 3 is 2.25 bits per heavy atom. The van der Waals surface area contributed by atoms with E-state index >= 15 is 0 Å². The smallest absolute Gasteiger partial charge is 0.338 e. The van der Waals surface area contributed by atoms with Crippen LogP contribution in [0, 0.1) is 0 Å². The van der Waals surface area contributed by atoms with Gasteiger partial charge in [0.25, 0.3) is 5.91 Å². The first-order chi connectivity index (χ1) is 17.0. The van der Waals surface area contributed by atoms with Gasteiger partial charge in [-0.15, -0.1) is 12.4 Å². The Balaban J connectivity index is 0.00000361. The van der Waals surface area contributed by atoms with Crippen molar-refractivity contribution in [2.24, 2.45) is 0 Å². The normalized spacial score (nSPS) is 13.2. The molecule has 4 rings (SSSR count). The molecule has 1 aliphatic heterocycles. The van der Waals surface area contributed by atoms with Crippen LogP contribution < -0.4 is 16.0 Å². The zero-order valence-electron chi connectivity index (χ0n) is 19.5. The molecule has 188 valence electrons. The van der Waals surface area contributed by atoms with Crippen molar-refractivity contribution in [2.45, 2.75) is 25.4 Å². The van der Waals surface area contributed by atoms with Gasteiger partial charge >= 0.3 is 5.97 Å². The van der Waals surface area contributed by atoms with Crippen molar-refractivity contribution in [3.05, 3.63) is 94.0 Å². The molecule has 36 heavy (non-hydrogen) atoms. The number of carbonyl (C=O) groups is 3. The Morgan fingerprint density at radius 2 is 1.56 bits per heavy atom. The number of amides is 2. The number of hydrogen-bond donors (Lipinski definition) is 3. The number of ether oxygens (including phenoxy) is 1. The molecule has 1 aliphatic rings. The lowest BCUT2D eigenvalue weighted by Gasteiger charge is -2.22. The number of carbonyl (C=O) groups excluding carboxylic acids is 3. The van der Waals surface area contributed by atoms with Gasteiger partial charge < -0.3 is 20.7 Å². The van der Waals surface area contributed by atoms with Gasteiger partial charge in [-0.25, -0.2) is 4.79 Å². The van der Waals surface area contributed by atoms with Crippen LogP contribution >= 0.6 is 28.3 Å². The summed E-state index contributed by atoms with van der Waals surface area (Å²) in [5.74, 6) is -0.796. The molecule has 1 saturated heterocycles. The minimum absolute atomic E-state index is 0. The number of rotatable bonds is 7. The zero-order chi connectivity index (χ0) is 24.6. The highest BCUT2D eigenvalue weighted by Crippen LogP contribution is 2.17. The SMILES string of the molecule is Cl.O=C(Cc1ccc(NC(=O)c2ccc(Br)cc2)cc1)Nc1cccc(C(=O)OC2CCNCC2)c1. The quantitative estimate of drug-likeness (QED) is 0.338. The largest absolute Gasteiger partial charge is 0.459 e. The molecule has 9 heteroatoms. The number of esters is 1. The number of anilines is 2. The van der Waals surface area contributed by atoms with Crippen molar-refractivity contribution in [1.29, 1.82) is 0 Å². The van der Waals surface area contributed by atoms with E-state index in [0.29, 0.717) is 22.5 Å². The van der Waals surface area contributed by atoms with Gasteiger partial charge in [0.1, 0.15) is 6.10 Å². The molecule has 0 atom stereocenters. The van der Waals surface area contributed by atoms with Crippen LogP contribution in [0.15, 0.2) is 77.3 Å². The van der Waals surface area contributed by atoms with Crippen LogP contribution in [0.5, 0.6) is 0 Å². The molecular formula is C27H27BrClN3O4. The Morgan fingerprint density at radius 1 is 0.861 bits per heavy atom. The van der Waals surface area contributed by atoms with Crippen LogP contribution in [-0.4, -0.2) is 37.0 Å². The summed E-state index contributed by atoms with van der Waals surface area (Å²) in [6.07, 6.45) is 1.68. The highest BCUT2D eigenvalue weighted by molar-refractivity contribution is 9.10. The Kier molecular flexibility index (Phi) is 10.0. The van der Waals surface area contributed by atoms with Gasteiger partial charge in [-0.3, -0.25) is 9.59 Å². The second-order valence-electron chi connectivity index (χ2n) is 8.32. The van der Waals surface area contributed by atoms with E-state index in [2.05, 4.69) is 31.9 Å². The molecule has 0 aliphatic carbocycles. The molecule has 1 heterocycles. The van der Waals surface area contributed by atoms with Gasteiger partial charge in [0.2, 0.25) is 5.91 Å². The predicted molar refractivity (Wildman–Crippen MR) is 146 cm³/mol. The summed E-state index contributed by atoms with van der Waals surface area (Å²) < 4.78 is 6.48. The molecule has 3 N–H and O–H groups in total. The zero-order valence-corrected chi connectivity index (χ0v) is 21.9. The molecule has 0 spiro atoms. The Labute approximate surface area is 224 Å². The summed E-state index contributed by atoms with van der Waals surface area (Å²) in [6, 6.07) is 21.0. The summed E-state index contributed by atoms with van der Waals surface area (Å²) in [5.41, 5.74) is 2.94. The maximum atomic E-state index is 12.5. The molecule has 0 radical (unpaired) electrons. The van der Waals surface area contributed by atoms with E-state index in [9.17, 15) is 14.4 Å². The molecule has 7 nitrogen and oxygen atoms in total. The minimum Gasteiger partial charge on any atom is -0.459 e. The van der Waals surface area contributed by atoms with Crippen molar-refractivity contribution >= 4 is 57.5 Å². The highest BCUT2D eigenvalue weighted by atomic mass is 79.9. The van der Waals surface area contributed by atoms with E-state index in [1.54, 1.807) is 60.7 Å². The number of piperidine rings is 1. The Bertz CT molecular complexity index is 1200. The van der Waals surface area contributed by atoms with Crippen molar-refractivity contribution in [2.75, 3.05) is 23.7 Å². The fourth-order valence-electron chi connectivity index (χ4n) is 3.76. The van der Waals surface area contributed by atoms with Gasteiger partial charge in [-0.05, 0) is 86.1 Å². The van der Waals surface area contributed by atoms with Crippen LogP contribution in [-0.2, 0) is 16.0 Å². The third kappa shape index (κ3) is 7.91. The summed E-state index contributed by atoms with van der Waals surface area (Å²) >= 11 is 3.35. The van der Waals surface area contributed by atoms with E-state index in [-0.39, 0.29) is 42.7 Å². The summed E-state index contributed by atoms with van der Waals surface area (Å²) in [6.45, 7) is 1.68. The first-order valence-electron chi connectivity index (χ1n) is 11.4. The lowest BCUT2D eigenvalue weighted by Crippen LogP contribution is -2.33. The molecule has 3 aromatic carbocycles. The van der Waals surface area contributed by atoms with Crippen molar-refractivity contribution < 1.29 is 19.1 Å². The fourth-order valence-corrected chi connectivity index (χ4v) is 4.02. The van der Waals surface area contributed by atoms with E-state index < -0.39 is 0 Å². The van der Waals surface area contributed by atoms with E-state index in [1.807, 2.05) is 12.1 Å². The van der Waals surface area contributed by atoms with Crippen LogP contribution in [0.2, 0.25) is 0 Å². The molecule has 1 fully saturated rings. The first-order valence-corrected chi connectivity index (χ1v) is 12.2. The lowest BCUT2D eigenvalue weighted by atomic mass is 10.1. The van der Waals surface area contributed by atoms with Gasteiger partial charge in [0.15, 0.2) is 0 Å². The molecule has 0 unspecified atom stereocenters. The van der Waals surface area contributed by atoms with Crippen LogP contribution in [0.1, 0.15) is 39.1 Å². The van der Waals surface area contributed by atoms with Crippen molar-refractivity contribution in [1.82, 2.24) is 5.32 Å². The number of hydrogen-bond acceptors (Lipinski definition) is 5. The number of benzene rings is 3. The molecule has 0 bridgehead atoms. The number of halogens is 2. The van der Waals surface area contributed by atoms with Crippen LogP contribution in [0.25, 0.3) is 0 Å². The molecule has 0 aromatic heterocycles. The van der Waals surface area contributed by atoms with E-state index in [1.165, 1.54) is 0 Å². The molecule has 0 saturated carbocycles. The van der Waals surface area contributed by atoms with Gasteiger partial charge in [0, 0.05) is 21.4 Å². The Hall–Kier alpha value is -3.20. The lowest BCUT2D eigenvalue weighted by molar-refractivity contribution is -0.115. The maximum Gasteiger partial charge on any atom is 0.338 e. The number of nitrogens with one attached hydrogen (secondary N) is 3. The van der Waals surface area contributed by atoms with Crippen LogP contribution in [0.3, 0.4) is 0 Å². The summed E-state index contributed by atoms with van der Waals surface area (Å²) in [7, 11) is 0. The third-order valence-electron chi connectivity index (χ3n) is 5.62. The van der Waals surface area contributed by atoms with Gasteiger partial charge in [-0.2, -0.15) is 0 Å².